The van der Waals surface area contributed by atoms with Crippen molar-refractivity contribution in [3.8, 4) is 0 Å². The molecular weight excluding hydrogens is 270 g/mol. The molecule has 0 atom stereocenters. The Bertz CT molecular complexity index is 698. The van der Waals surface area contributed by atoms with E-state index in [-0.39, 0.29) is 18.0 Å². The predicted molar refractivity (Wildman–Crippen MR) is 78.0 cm³/mol. The van der Waals surface area contributed by atoms with Gasteiger partial charge < -0.3 is 16.2 Å². The van der Waals surface area contributed by atoms with E-state index in [1.54, 1.807) is 12.1 Å². The zero-order valence-electron chi connectivity index (χ0n) is 11.5. The number of rotatable bonds is 4. The monoisotopic (exact) mass is 285 g/mol. The number of carbonyl (C=O) groups is 2. The third kappa shape index (κ3) is 3.56. The van der Waals surface area contributed by atoms with Crippen LogP contribution in [0.5, 0.6) is 0 Å². The van der Waals surface area contributed by atoms with Crippen molar-refractivity contribution < 1.29 is 14.7 Å². The molecular formula is C15H15N3O3. The fourth-order valence-corrected chi connectivity index (χ4v) is 1.84. The van der Waals surface area contributed by atoms with Gasteiger partial charge in [0.25, 0.3) is 5.91 Å². The molecule has 0 bridgehead atoms. The summed E-state index contributed by atoms with van der Waals surface area (Å²) < 4.78 is 0. The van der Waals surface area contributed by atoms with E-state index in [2.05, 4.69) is 10.3 Å². The molecule has 0 aliphatic rings. The fraction of sp³-hybridized carbons (Fsp3) is 0.133. The highest BCUT2D eigenvalue weighted by molar-refractivity contribution is 5.99. The van der Waals surface area contributed by atoms with Crippen LogP contribution in [0.15, 0.2) is 36.5 Å². The Kier molecular flexibility index (Phi) is 4.18. The lowest BCUT2D eigenvalue weighted by Gasteiger charge is -2.08. The van der Waals surface area contributed by atoms with Crippen LogP contribution in [0.4, 0.5) is 5.69 Å². The molecule has 0 unspecified atom stereocenters. The van der Waals surface area contributed by atoms with Crippen molar-refractivity contribution in [2.24, 2.45) is 0 Å². The molecule has 4 N–H and O–H groups in total. The second-order valence-corrected chi connectivity index (χ2v) is 4.61. The lowest BCUT2D eigenvalue weighted by atomic mass is 10.1. The van der Waals surface area contributed by atoms with Gasteiger partial charge in [0.15, 0.2) is 0 Å². The van der Waals surface area contributed by atoms with Crippen molar-refractivity contribution in [3.05, 3.63) is 58.9 Å². The van der Waals surface area contributed by atoms with Crippen molar-refractivity contribution >= 4 is 17.6 Å². The van der Waals surface area contributed by atoms with Gasteiger partial charge >= 0.3 is 5.97 Å². The quantitative estimate of drug-likeness (QED) is 0.740. The summed E-state index contributed by atoms with van der Waals surface area (Å²) in [6, 6.07) is 8.01. The number of carboxylic acid groups (broad SMARTS) is 1. The van der Waals surface area contributed by atoms with E-state index in [4.69, 9.17) is 10.8 Å². The number of carbonyl (C=O) groups excluding carboxylic acids is 1. The molecule has 0 aliphatic heterocycles. The maximum Gasteiger partial charge on any atom is 0.335 e. The summed E-state index contributed by atoms with van der Waals surface area (Å²) in [5, 5.41) is 11.6. The summed E-state index contributed by atoms with van der Waals surface area (Å²) >= 11 is 0. The molecule has 6 heteroatoms. The first-order chi connectivity index (χ1) is 9.97. The Labute approximate surface area is 121 Å². The molecule has 1 aromatic carbocycles. The van der Waals surface area contributed by atoms with Gasteiger partial charge in [-0.25, -0.2) is 4.79 Å². The van der Waals surface area contributed by atoms with Crippen LogP contribution in [0.3, 0.4) is 0 Å². The zero-order chi connectivity index (χ0) is 15.4. The number of nitrogen functional groups attached to an aromatic ring is 1. The van der Waals surface area contributed by atoms with E-state index in [0.29, 0.717) is 16.9 Å². The molecule has 0 saturated carbocycles. The van der Waals surface area contributed by atoms with Gasteiger partial charge in [0.05, 0.1) is 23.4 Å². The number of amides is 1. The highest BCUT2D eigenvalue weighted by atomic mass is 16.4. The van der Waals surface area contributed by atoms with Crippen LogP contribution >= 0.6 is 0 Å². The molecule has 108 valence electrons. The number of hydrogen-bond donors (Lipinski definition) is 3. The minimum atomic E-state index is -1.03. The number of nitrogens with zero attached hydrogens (tertiary/aromatic N) is 1. The van der Waals surface area contributed by atoms with Gasteiger partial charge in [-0.1, -0.05) is 11.6 Å². The fourth-order valence-electron chi connectivity index (χ4n) is 1.84. The minimum Gasteiger partial charge on any atom is -0.478 e. The van der Waals surface area contributed by atoms with E-state index >= 15 is 0 Å². The average Bonchev–Trinajstić information content (AvgIpc) is 2.47. The number of anilines is 1. The van der Waals surface area contributed by atoms with E-state index in [9.17, 15) is 9.59 Å². The summed E-state index contributed by atoms with van der Waals surface area (Å²) in [5.41, 5.74) is 8.08. The van der Waals surface area contributed by atoms with Gasteiger partial charge in [-0.3, -0.25) is 9.78 Å². The Morgan fingerprint density at radius 2 is 2.05 bits per heavy atom. The number of carboxylic acids is 1. The van der Waals surface area contributed by atoms with Gasteiger partial charge in [0.2, 0.25) is 0 Å². The minimum absolute atomic E-state index is 0.129. The van der Waals surface area contributed by atoms with Crippen LogP contribution in [-0.2, 0) is 6.54 Å². The maximum atomic E-state index is 12.1. The van der Waals surface area contributed by atoms with Crippen LogP contribution in [-0.4, -0.2) is 22.0 Å². The average molecular weight is 285 g/mol. The van der Waals surface area contributed by atoms with Crippen molar-refractivity contribution in [2.45, 2.75) is 13.5 Å². The van der Waals surface area contributed by atoms with Crippen LogP contribution in [0.1, 0.15) is 32.0 Å². The van der Waals surface area contributed by atoms with Gasteiger partial charge in [-0.05, 0) is 31.2 Å². The Hall–Kier alpha value is -2.89. The number of aryl methyl sites for hydroxylation is 1. The van der Waals surface area contributed by atoms with E-state index in [0.717, 1.165) is 5.56 Å². The molecule has 6 nitrogen and oxygen atoms in total. The lowest BCUT2D eigenvalue weighted by Crippen LogP contribution is -2.24. The van der Waals surface area contributed by atoms with Crippen molar-refractivity contribution in [3.63, 3.8) is 0 Å². The first kappa shape index (κ1) is 14.5. The first-order valence-corrected chi connectivity index (χ1v) is 6.30. The van der Waals surface area contributed by atoms with Gasteiger partial charge in [-0.15, -0.1) is 0 Å². The second-order valence-electron chi connectivity index (χ2n) is 4.61. The summed E-state index contributed by atoms with van der Waals surface area (Å²) in [4.78, 5) is 27.0. The van der Waals surface area contributed by atoms with Gasteiger partial charge in [0.1, 0.15) is 0 Å². The summed E-state index contributed by atoms with van der Waals surface area (Å²) in [6.07, 6.45) is 1.39. The molecule has 1 heterocycles. The summed E-state index contributed by atoms with van der Waals surface area (Å²) in [7, 11) is 0. The normalized spacial score (nSPS) is 10.1. The number of benzene rings is 1. The van der Waals surface area contributed by atoms with Crippen LogP contribution in [0, 0.1) is 6.92 Å². The zero-order valence-corrected chi connectivity index (χ0v) is 11.5. The molecule has 2 rings (SSSR count). The van der Waals surface area contributed by atoms with Crippen LogP contribution in [0.2, 0.25) is 0 Å². The van der Waals surface area contributed by atoms with Crippen LogP contribution in [0.25, 0.3) is 0 Å². The Morgan fingerprint density at radius 3 is 2.76 bits per heavy atom. The predicted octanol–water partition coefficient (Wildman–Crippen LogP) is 1.60. The summed E-state index contributed by atoms with van der Waals surface area (Å²) in [5.74, 6) is -1.35. The molecule has 2 aromatic rings. The first-order valence-electron chi connectivity index (χ1n) is 6.30. The molecule has 0 aliphatic carbocycles. The summed E-state index contributed by atoms with van der Waals surface area (Å²) in [6.45, 7) is 2.00. The smallest absolute Gasteiger partial charge is 0.335 e. The number of nitrogens with one attached hydrogen (secondary N) is 1. The number of hydrogen-bond acceptors (Lipinski definition) is 4. The van der Waals surface area contributed by atoms with Gasteiger partial charge in [-0.2, -0.15) is 0 Å². The SMILES string of the molecule is Cc1ccc(N)c(C(=O)NCc2cc(C(=O)O)ccn2)c1. The molecule has 1 amide bonds. The number of aromatic nitrogens is 1. The highest BCUT2D eigenvalue weighted by Crippen LogP contribution is 2.13. The van der Waals surface area contributed by atoms with Gasteiger partial charge in [0, 0.05) is 11.9 Å². The second kappa shape index (κ2) is 6.04. The molecule has 21 heavy (non-hydrogen) atoms. The molecule has 0 fully saturated rings. The van der Waals surface area contributed by atoms with Crippen molar-refractivity contribution in [1.82, 2.24) is 10.3 Å². The van der Waals surface area contributed by atoms with E-state index in [1.807, 2.05) is 13.0 Å². The molecule has 0 radical (unpaired) electrons. The van der Waals surface area contributed by atoms with Crippen molar-refractivity contribution in [2.75, 3.05) is 5.73 Å². The molecule has 1 aromatic heterocycles. The topological polar surface area (TPSA) is 105 Å². The van der Waals surface area contributed by atoms with Crippen LogP contribution < -0.4 is 11.1 Å². The third-order valence-electron chi connectivity index (χ3n) is 2.95. The van der Waals surface area contributed by atoms with Crippen molar-refractivity contribution in [1.29, 1.82) is 0 Å². The van der Waals surface area contributed by atoms with E-state index in [1.165, 1.54) is 18.3 Å². The number of aromatic carboxylic acids is 1. The molecule has 0 spiro atoms. The Balaban J connectivity index is 2.09. The standard InChI is InChI=1S/C15H15N3O3/c1-9-2-3-13(16)12(6-9)14(19)18-8-11-7-10(15(20)21)4-5-17-11/h2-7H,8,16H2,1H3,(H,18,19)(H,20,21). The number of nitrogens with two attached hydrogens (primary N) is 1. The Morgan fingerprint density at radius 1 is 1.29 bits per heavy atom. The third-order valence-corrected chi connectivity index (χ3v) is 2.95. The maximum absolute atomic E-state index is 12.1. The highest BCUT2D eigenvalue weighted by Gasteiger charge is 2.10. The molecule has 0 saturated heterocycles. The number of pyridine rings is 1. The largest absolute Gasteiger partial charge is 0.478 e. The van der Waals surface area contributed by atoms with E-state index < -0.39 is 5.97 Å². The lowest BCUT2D eigenvalue weighted by molar-refractivity contribution is 0.0696.